The van der Waals surface area contributed by atoms with Crippen molar-refractivity contribution in [3.05, 3.63) is 30.1 Å². The molecule has 3 nitrogen and oxygen atoms in total. The summed E-state index contributed by atoms with van der Waals surface area (Å²) in [7, 11) is 0. The van der Waals surface area contributed by atoms with Crippen LogP contribution in [-0.2, 0) is 6.54 Å². The van der Waals surface area contributed by atoms with Crippen LogP contribution in [0.25, 0.3) is 0 Å². The third-order valence-corrected chi connectivity index (χ3v) is 3.39. The lowest BCUT2D eigenvalue weighted by molar-refractivity contribution is -0.696. The SMILES string of the molecule is CC(=O)c1ccc[n+](CCN2CCCCC2)c1. The lowest BCUT2D eigenvalue weighted by Crippen LogP contribution is -2.42. The van der Waals surface area contributed by atoms with Gasteiger partial charge in [0.25, 0.3) is 0 Å². The van der Waals surface area contributed by atoms with Crippen LogP contribution in [0.2, 0.25) is 0 Å². The minimum Gasteiger partial charge on any atom is -0.297 e. The molecule has 1 aliphatic rings. The van der Waals surface area contributed by atoms with Crippen LogP contribution < -0.4 is 4.57 Å². The number of hydrogen-bond donors (Lipinski definition) is 0. The fourth-order valence-corrected chi connectivity index (χ4v) is 2.31. The fraction of sp³-hybridized carbons (Fsp3) is 0.571. The van der Waals surface area contributed by atoms with E-state index in [4.69, 9.17) is 0 Å². The van der Waals surface area contributed by atoms with E-state index in [1.54, 1.807) is 6.92 Å². The summed E-state index contributed by atoms with van der Waals surface area (Å²) in [6, 6.07) is 3.83. The molecular formula is C14H21N2O+. The molecule has 92 valence electrons. The highest BCUT2D eigenvalue weighted by Crippen LogP contribution is 2.07. The van der Waals surface area contributed by atoms with E-state index in [2.05, 4.69) is 9.47 Å². The van der Waals surface area contributed by atoms with Crippen LogP contribution in [0.4, 0.5) is 0 Å². The number of rotatable bonds is 4. The van der Waals surface area contributed by atoms with Gasteiger partial charge in [0.2, 0.25) is 0 Å². The average Bonchev–Trinajstić information content (AvgIpc) is 2.38. The predicted octanol–water partition coefficient (Wildman–Crippen LogP) is 1.66. The lowest BCUT2D eigenvalue weighted by Gasteiger charge is -2.24. The lowest BCUT2D eigenvalue weighted by atomic mass is 10.1. The third kappa shape index (κ3) is 3.63. The smallest absolute Gasteiger partial charge is 0.179 e. The largest absolute Gasteiger partial charge is 0.297 e. The first-order chi connectivity index (χ1) is 8.25. The predicted molar refractivity (Wildman–Crippen MR) is 66.9 cm³/mol. The average molecular weight is 233 g/mol. The van der Waals surface area contributed by atoms with Gasteiger partial charge in [0, 0.05) is 6.07 Å². The zero-order valence-corrected chi connectivity index (χ0v) is 10.6. The minimum atomic E-state index is 0.136. The molecule has 1 aromatic heterocycles. The van der Waals surface area contributed by atoms with Crippen molar-refractivity contribution in [2.75, 3.05) is 19.6 Å². The Balaban J connectivity index is 1.89. The van der Waals surface area contributed by atoms with E-state index in [1.807, 2.05) is 24.5 Å². The molecule has 17 heavy (non-hydrogen) atoms. The van der Waals surface area contributed by atoms with Crippen molar-refractivity contribution in [2.45, 2.75) is 32.7 Å². The Morgan fingerprint density at radius 1 is 1.35 bits per heavy atom. The zero-order valence-electron chi connectivity index (χ0n) is 10.6. The number of nitrogens with zero attached hydrogens (tertiary/aromatic N) is 2. The van der Waals surface area contributed by atoms with Gasteiger partial charge in [-0.2, -0.15) is 0 Å². The second-order valence-corrected chi connectivity index (χ2v) is 4.79. The van der Waals surface area contributed by atoms with Gasteiger partial charge in [0.1, 0.15) is 0 Å². The monoisotopic (exact) mass is 233 g/mol. The van der Waals surface area contributed by atoms with Gasteiger partial charge in [-0.1, -0.05) is 6.42 Å². The van der Waals surface area contributed by atoms with Crippen LogP contribution in [0.3, 0.4) is 0 Å². The van der Waals surface area contributed by atoms with Crippen LogP contribution in [0, 0.1) is 0 Å². The molecule has 0 radical (unpaired) electrons. The summed E-state index contributed by atoms with van der Waals surface area (Å²) in [6.45, 7) is 6.14. The molecule has 0 amide bonds. The number of carbonyl (C=O) groups is 1. The van der Waals surface area contributed by atoms with E-state index >= 15 is 0 Å². The Morgan fingerprint density at radius 3 is 2.82 bits per heavy atom. The Morgan fingerprint density at radius 2 is 2.12 bits per heavy atom. The van der Waals surface area contributed by atoms with Crippen LogP contribution in [0.1, 0.15) is 36.5 Å². The summed E-state index contributed by atoms with van der Waals surface area (Å²) in [6.07, 6.45) is 8.03. The Kier molecular flexibility index (Phi) is 4.26. The van der Waals surface area contributed by atoms with Crippen molar-refractivity contribution >= 4 is 5.78 Å². The molecule has 3 heteroatoms. The topological polar surface area (TPSA) is 24.2 Å². The molecule has 2 rings (SSSR count). The van der Waals surface area contributed by atoms with Crippen LogP contribution in [0.15, 0.2) is 24.5 Å². The molecule has 1 saturated heterocycles. The van der Waals surface area contributed by atoms with Crippen LogP contribution in [-0.4, -0.2) is 30.3 Å². The third-order valence-electron chi connectivity index (χ3n) is 3.39. The van der Waals surface area contributed by atoms with Crippen molar-refractivity contribution in [2.24, 2.45) is 0 Å². The number of ketones is 1. The second kappa shape index (κ2) is 5.92. The van der Waals surface area contributed by atoms with Gasteiger partial charge in [-0.25, -0.2) is 4.57 Å². The van der Waals surface area contributed by atoms with E-state index in [0.717, 1.165) is 18.7 Å². The maximum absolute atomic E-state index is 11.3. The molecule has 0 aromatic carbocycles. The van der Waals surface area contributed by atoms with Gasteiger partial charge in [-0.3, -0.25) is 9.69 Å². The van der Waals surface area contributed by atoms with Crippen molar-refractivity contribution in [1.82, 2.24) is 4.90 Å². The van der Waals surface area contributed by atoms with E-state index in [9.17, 15) is 4.79 Å². The fourth-order valence-electron chi connectivity index (χ4n) is 2.31. The van der Waals surface area contributed by atoms with Gasteiger partial charge in [0.05, 0.1) is 12.1 Å². The number of carbonyl (C=O) groups excluding carboxylic acids is 1. The Bertz CT molecular complexity index is 384. The highest BCUT2D eigenvalue weighted by Gasteiger charge is 2.12. The molecule has 0 bridgehead atoms. The summed E-state index contributed by atoms with van der Waals surface area (Å²) < 4.78 is 2.12. The van der Waals surface area contributed by atoms with Crippen LogP contribution >= 0.6 is 0 Å². The van der Waals surface area contributed by atoms with Gasteiger partial charge in [-0.15, -0.1) is 0 Å². The van der Waals surface area contributed by atoms with E-state index in [1.165, 1.54) is 32.4 Å². The molecule has 2 heterocycles. The van der Waals surface area contributed by atoms with E-state index in [-0.39, 0.29) is 5.78 Å². The van der Waals surface area contributed by atoms with Gasteiger partial charge < -0.3 is 0 Å². The molecule has 1 aromatic rings. The molecule has 0 unspecified atom stereocenters. The quantitative estimate of drug-likeness (QED) is 0.583. The van der Waals surface area contributed by atoms with Crippen molar-refractivity contribution in [3.63, 3.8) is 0 Å². The molecule has 1 fully saturated rings. The molecule has 1 aliphatic heterocycles. The molecule has 0 saturated carbocycles. The van der Waals surface area contributed by atoms with Crippen molar-refractivity contribution in [3.8, 4) is 0 Å². The standard InChI is InChI=1S/C14H21N2O/c1-13(17)14-6-5-9-16(12-14)11-10-15-7-3-2-4-8-15/h5-6,9,12H,2-4,7-8,10-11H2,1H3/q+1. The molecular weight excluding hydrogens is 212 g/mol. The van der Waals surface area contributed by atoms with E-state index in [0.29, 0.717) is 0 Å². The second-order valence-electron chi connectivity index (χ2n) is 4.79. The van der Waals surface area contributed by atoms with Gasteiger partial charge in [-0.05, 0) is 38.9 Å². The zero-order chi connectivity index (χ0) is 12.1. The first-order valence-electron chi connectivity index (χ1n) is 6.48. The maximum atomic E-state index is 11.3. The van der Waals surface area contributed by atoms with E-state index < -0.39 is 0 Å². The molecule has 0 atom stereocenters. The first-order valence-corrected chi connectivity index (χ1v) is 6.48. The highest BCUT2D eigenvalue weighted by molar-refractivity contribution is 5.93. The summed E-state index contributed by atoms with van der Waals surface area (Å²) in [5.41, 5.74) is 0.797. The van der Waals surface area contributed by atoms with Crippen molar-refractivity contribution in [1.29, 1.82) is 0 Å². The van der Waals surface area contributed by atoms with Crippen LogP contribution in [0.5, 0.6) is 0 Å². The summed E-state index contributed by atoms with van der Waals surface area (Å²) in [5.74, 6) is 0.136. The highest BCUT2D eigenvalue weighted by atomic mass is 16.1. The number of pyridine rings is 1. The summed E-state index contributed by atoms with van der Waals surface area (Å²) in [5, 5.41) is 0. The Hall–Kier alpha value is -1.22. The normalized spacial score (nSPS) is 17.0. The van der Waals surface area contributed by atoms with Gasteiger partial charge >= 0.3 is 0 Å². The first kappa shape index (κ1) is 12.2. The Labute approximate surface area is 103 Å². The summed E-state index contributed by atoms with van der Waals surface area (Å²) in [4.78, 5) is 13.8. The number of hydrogen-bond acceptors (Lipinski definition) is 2. The number of Topliss-reactive ketones (excluding diaryl/α,β-unsaturated/α-hetero) is 1. The molecule has 0 N–H and O–H groups in total. The maximum Gasteiger partial charge on any atom is 0.179 e. The molecule has 0 aliphatic carbocycles. The van der Waals surface area contributed by atoms with Gasteiger partial charge in [0.15, 0.2) is 24.7 Å². The number of piperidine rings is 1. The number of aromatic nitrogens is 1. The molecule has 0 spiro atoms. The van der Waals surface area contributed by atoms with Crippen molar-refractivity contribution < 1.29 is 9.36 Å². The summed E-state index contributed by atoms with van der Waals surface area (Å²) >= 11 is 0. The minimum absolute atomic E-state index is 0.136. The number of likely N-dealkylation sites (tertiary alicyclic amines) is 1.